The van der Waals surface area contributed by atoms with E-state index in [9.17, 15) is 9.59 Å². The van der Waals surface area contributed by atoms with E-state index in [1.165, 1.54) is 6.42 Å². The first-order chi connectivity index (χ1) is 15.5. The first-order valence-corrected chi connectivity index (χ1v) is 11.9. The largest absolute Gasteiger partial charge is 0.490 e. The van der Waals surface area contributed by atoms with E-state index >= 15 is 0 Å². The van der Waals surface area contributed by atoms with Crippen molar-refractivity contribution in [2.45, 2.75) is 51.6 Å². The predicted octanol–water partition coefficient (Wildman–Crippen LogP) is 4.20. The van der Waals surface area contributed by atoms with Gasteiger partial charge in [0.25, 0.3) is 5.91 Å². The van der Waals surface area contributed by atoms with Crippen LogP contribution < -0.4 is 4.74 Å². The average Bonchev–Trinajstić information content (AvgIpc) is 3.30. The highest BCUT2D eigenvalue weighted by Crippen LogP contribution is 2.29. The lowest BCUT2D eigenvalue weighted by Crippen LogP contribution is -2.49. The Morgan fingerprint density at radius 1 is 1.16 bits per heavy atom. The molecule has 0 unspecified atom stereocenters. The minimum atomic E-state index is -0.186. The smallest absolute Gasteiger partial charge is 0.292 e. The van der Waals surface area contributed by atoms with Gasteiger partial charge in [0.15, 0.2) is 0 Å². The number of aromatic nitrogens is 1. The van der Waals surface area contributed by atoms with Gasteiger partial charge in [0.05, 0.1) is 5.69 Å². The lowest BCUT2D eigenvalue weighted by Gasteiger charge is -2.39. The zero-order valence-corrected chi connectivity index (χ0v) is 19.2. The van der Waals surface area contributed by atoms with Crippen molar-refractivity contribution in [3.05, 3.63) is 46.8 Å². The molecule has 1 aromatic heterocycles. The van der Waals surface area contributed by atoms with Crippen LogP contribution in [0.25, 0.3) is 0 Å². The second-order valence-corrected chi connectivity index (χ2v) is 9.03. The number of hydrogen-bond donors (Lipinski definition) is 0. The lowest BCUT2D eigenvalue weighted by molar-refractivity contribution is -0.134. The van der Waals surface area contributed by atoms with Crippen molar-refractivity contribution in [3.8, 4) is 5.75 Å². The number of benzene rings is 1. The lowest BCUT2D eigenvalue weighted by atomic mass is 9.90. The van der Waals surface area contributed by atoms with Gasteiger partial charge in [0, 0.05) is 56.0 Å². The van der Waals surface area contributed by atoms with E-state index in [4.69, 9.17) is 20.9 Å². The normalized spacial score (nSPS) is 21.4. The Hall–Kier alpha value is -2.54. The van der Waals surface area contributed by atoms with E-state index in [0.29, 0.717) is 43.1 Å². The molecule has 0 aliphatic carbocycles. The van der Waals surface area contributed by atoms with Gasteiger partial charge in [-0.15, -0.1) is 0 Å². The van der Waals surface area contributed by atoms with Crippen molar-refractivity contribution in [2.24, 2.45) is 5.92 Å². The van der Waals surface area contributed by atoms with Gasteiger partial charge in [-0.25, -0.2) is 0 Å². The van der Waals surface area contributed by atoms with E-state index < -0.39 is 0 Å². The molecular formula is C24H30ClN3O4. The molecule has 8 heteroatoms. The van der Waals surface area contributed by atoms with Gasteiger partial charge in [0.2, 0.25) is 11.7 Å². The van der Waals surface area contributed by atoms with Gasteiger partial charge in [-0.05, 0) is 43.9 Å². The monoisotopic (exact) mass is 459 g/mol. The number of hydrogen-bond acceptors (Lipinski definition) is 5. The number of amides is 2. The molecule has 172 valence electrons. The maximum absolute atomic E-state index is 13.0. The second kappa shape index (κ2) is 10.4. The molecule has 2 atom stereocenters. The van der Waals surface area contributed by atoms with Gasteiger partial charge in [0.1, 0.15) is 11.9 Å². The van der Waals surface area contributed by atoms with Crippen molar-refractivity contribution in [1.82, 2.24) is 15.0 Å². The highest BCUT2D eigenvalue weighted by Gasteiger charge is 2.36. The van der Waals surface area contributed by atoms with E-state index in [1.807, 2.05) is 24.0 Å². The van der Waals surface area contributed by atoms with E-state index in [0.717, 1.165) is 31.6 Å². The van der Waals surface area contributed by atoms with E-state index in [-0.39, 0.29) is 29.6 Å². The summed E-state index contributed by atoms with van der Waals surface area (Å²) < 4.78 is 11.5. The molecule has 2 fully saturated rings. The van der Waals surface area contributed by atoms with Gasteiger partial charge < -0.3 is 19.1 Å². The van der Waals surface area contributed by atoms with Crippen LogP contribution in [0.3, 0.4) is 0 Å². The summed E-state index contributed by atoms with van der Waals surface area (Å²) in [6, 6.07) is 9.00. The molecule has 1 aromatic carbocycles. The first-order valence-electron chi connectivity index (χ1n) is 11.5. The van der Waals surface area contributed by atoms with E-state index in [2.05, 4.69) is 5.16 Å². The van der Waals surface area contributed by atoms with Crippen molar-refractivity contribution < 1.29 is 18.8 Å². The van der Waals surface area contributed by atoms with Crippen LogP contribution >= 0.6 is 11.6 Å². The van der Waals surface area contributed by atoms with Crippen LogP contribution in [0.15, 0.2) is 34.9 Å². The second-order valence-electron chi connectivity index (χ2n) is 8.60. The average molecular weight is 460 g/mol. The van der Waals surface area contributed by atoms with Crippen LogP contribution in [0.5, 0.6) is 5.75 Å². The molecule has 0 saturated carbocycles. The molecule has 2 amide bonds. The van der Waals surface area contributed by atoms with Crippen LogP contribution in [0.2, 0.25) is 5.02 Å². The van der Waals surface area contributed by atoms with E-state index in [1.54, 1.807) is 23.1 Å². The summed E-state index contributed by atoms with van der Waals surface area (Å²) in [5.74, 6) is 0.762. The molecule has 0 N–H and O–H groups in total. The fourth-order valence-corrected chi connectivity index (χ4v) is 4.67. The van der Waals surface area contributed by atoms with Gasteiger partial charge >= 0.3 is 0 Å². The number of ether oxygens (including phenoxy) is 1. The molecule has 0 bridgehead atoms. The number of piperidine rings is 2. The number of carbonyl (C=O) groups is 2. The molecule has 2 saturated heterocycles. The summed E-state index contributed by atoms with van der Waals surface area (Å²) in [5.41, 5.74) is 0.754. The van der Waals surface area contributed by atoms with Crippen molar-refractivity contribution in [3.63, 3.8) is 0 Å². The molecule has 2 aliphatic rings. The Kier molecular flexibility index (Phi) is 7.35. The fourth-order valence-electron chi connectivity index (χ4n) is 4.49. The molecular weight excluding hydrogens is 430 g/mol. The summed E-state index contributed by atoms with van der Waals surface area (Å²) in [4.78, 5) is 29.7. The Morgan fingerprint density at radius 3 is 2.69 bits per heavy atom. The minimum Gasteiger partial charge on any atom is -0.490 e. The zero-order valence-electron chi connectivity index (χ0n) is 18.5. The number of aryl methyl sites for hydroxylation is 1. The standard InChI is InChI=1S/C24H30ClN3O4/c1-2-19-15-22(32-26-19)24(30)28-12-9-21(31-20-8-6-7-18(25)14-20)17(16-28)13-23(29)27-10-4-3-5-11-27/h6-8,14-15,17,21H,2-5,9-13,16H2,1H3/t17-,21-/m0/s1. The third kappa shape index (κ3) is 5.44. The summed E-state index contributed by atoms with van der Waals surface area (Å²) in [7, 11) is 0. The molecule has 2 aliphatic heterocycles. The van der Waals surface area contributed by atoms with Crippen molar-refractivity contribution in [2.75, 3.05) is 26.2 Å². The predicted molar refractivity (Wildman–Crippen MR) is 121 cm³/mol. The van der Waals surface area contributed by atoms with Crippen molar-refractivity contribution >= 4 is 23.4 Å². The highest BCUT2D eigenvalue weighted by atomic mass is 35.5. The molecule has 3 heterocycles. The third-order valence-electron chi connectivity index (χ3n) is 6.31. The highest BCUT2D eigenvalue weighted by molar-refractivity contribution is 6.30. The minimum absolute atomic E-state index is 0.116. The zero-order chi connectivity index (χ0) is 22.5. The van der Waals surface area contributed by atoms with Gasteiger partial charge in [-0.3, -0.25) is 9.59 Å². The molecule has 32 heavy (non-hydrogen) atoms. The number of nitrogens with zero attached hydrogens (tertiary/aromatic N) is 3. The molecule has 0 spiro atoms. The van der Waals surface area contributed by atoms with Crippen LogP contribution in [-0.2, 0) is 11.2 Å². The number of carbonyl (C=O) groups excluding carboxylic acids is 2. The van der Waals surface area contributed by atoms with Gasteiger partial charge in [-0.2, -0.15) is 0 Å². The summed E-state index contributed by atoms with van der Waals surface area (Å²) in [6.45, 7) is 4.55. The Morgan fingerprint density at radius 2 is 1.97 bits per heavy atom. The number of likely N-dealkylation sites (tertiary alicyclic amines) is 2. The Bertz CT molecular complexity index is 941. The first kappa shape index (κ1) is 22.6. The van der Waals surface area contributed by atoms with Crippen LogP contribution in [0.4, 0.5) is 0 Å². The van der Waals surface area contributed by atoms with Crippen LogP contribution in [0, 0.1) is 5.92 Å². The Balaban J connectivity index is 1.48. The molecule has 4 rings (SSSR count). The van der Waals surface area contributed by atoms with Crippen molar-refractivity contribution in [1.29, 1.82) is 0 Å². The summed E-state index contributed by atoms with van der Waals surface area (Å²) in [6.07, 6.45) is 4.79. The maximum Gasteiger partial charge on any atom is 0.292 e. The molecule has 2 aromatic rings. The Labute approximate surface area is 193 Å². The maximum atomic E-state index is 13.0. The molecule has 0 radical (unpaired) electrons. The fraction of sp³-hybridized carbons (Fsp3) is 0.542. The van der Waals surface area contributed by atoms with Crippen LogP contribution in [0.1, 0.15) is 55.3 Å². The number of halogens is 1. The summed E-state index contributed by atoms with van der Waals surface area (Å²) >= 11 is 6.12. The van der Waals surface area contributed by atoms with Crippen LogP contribution in [-0.4, -0.2) is 59.1 Å². The number of rotatable bonds is 6. The quantitative estimate of drug-likeness (QED) is 0.647. The SMILES string of the molecule is CCc1cc(C(=O)N2CC[C@H](Oc3cccc(Cl)c3)[C@@H](CC(=O)N3CCCCC3)C2)on1. The molecule has 7 nitrogen and oxygen atoms in total. The summed E-state index contributed by atoms with van der Waals surface area (Å²) in [5, 5.41) is 4.54. The topological polar surface area (TPSA) is 75.9 Å². The van der Waals surface area contributed by atoms with Gasteiger partial charge in [-0.1, -0.05) is 29.7 Å². The third-order valence-corrected chi connectivity index (χ3v) is 6.55.